The topological polar surface area (TPSA) is 38.5 Å². The lowest BCUT2D eigenvalue weighted by Crippen LogP contribution is -2.37. The van der Waals surface area contributed by atoms with Crippen LogP contribution in [0.15, 0.2) is 0 Å². The molecule has 1 heterocycles. The predicted octanol–water partition coefficient (Wildman–Crippen LogP) is 0.691. The molecule has 2 N–H and O–H groups in total. The molecule has 0 amide bonds. The van der Waals surface area contributed by atoms with E-state index in [2.05, 4.69) is 0 Å². The third-order valence-electron chi connectivity index (χ3n) is 2.42. The Morgan fingerprint density at radius 1 is 1.57 bits per heavy atom. The van der Waals surface area contributed by atoms with Gasteiger partial charge in [0, 0.05) is 32.2 Å². The van der Waals surface area contributed by atoms with E-state index in [0.29, 0.717) is 26.3 Å². The number of nitrogens with zero attached hydrogens (tertiary/aromatic N) is 1. The van der Waals surface area contributed by atoms with Gasteiger partial charge < -0.3 is 10.5 Å². The van der Waals surface area contributed by atoms with E-state index in [0.717, 1.165) is 0 Å². The molecule has 3 nitrogen and oxygen atoms in total. The number of nitrogens with two attached hydrogens (primary N) is 1. The first-order valence-corrected chi connectivity index (χ1v) is 4.98. The Bertz CT molecular complexity index is 178. The summed E-state index contributed by atoms with van der Waals surface area (Å²) in [7, 11) is 0. The summed E-state index contributed by atoms with van der Waals surface area (Å²) in [5, 5.41) is 0. The van der Waals surface area contributed by atoms with Crippen molar-refractivity contribution in [1.29, 1.82) is 0 Å². The molecule has 1 atom stereocenters. The lowest BCUT2D eigenvalue weighted by Gasteiger charge is -2.22. The average molecular weight is 208 g/mol. The summed E-state index contributed by atoms with van der Waals surface area (Å²) in [6.07, 6.45) is -0.104. The van der Waals surface area contributed by atoms with Crippen LogP contribution in [-0.4, -0.2) is 49.7 Å². The van der Waals surface area contributed by atoms with Crippen LogP contribution in [0.3, 0.4) is 0 Å². The van der Waals surface area contributed by atoms with Crippen LogP contribution in [0.2, 0.25) is 0 Å². The van der Waals surface area contributed by atoms with Gasteiger partial charge in [0.25, 0.3) is 5.92 Å². The fourth-order valence-corrected chi connectivity index (χ4v) is 1.81. The van der Waals surface area contributed by atoms with Crippen molar-refractivity contribution in [3.8, 4) is 0 Å². The first-order chi connectivity index (χ1) is 6.59. The van der Waals surface area contributed by atoms with Crippen molar-refractivity contribution in [2.24, 2.45) is 5.73 Å². The highest BCUT2D eigenvalue weighted by atomic mass is 19.3. The molecular weight excluding hydrogens is 190 g/mol. The highest BCUT2D eigenvalue weighted by molar-refractivity contribution is 4.90. The molecule has 84 valence electrons. The summed E-state index contributed by atoms with van der Waals surface area (Å²) < 4.78 is 31.3. The van der Waals surface area contributed by atoms with Crippen LogP contribution in [0.25, 0.3) is 0 Å². The normalized spacial score (nSPS) is 27.0. The quantitative estimate of drug-likeness (QED) is 0.722. The van der Waals surface area contributed by atoms with E-state index in [1.807, 2.05) is 6.92 Å². The van der Waals surface area contributed by atoms with Crippen LogP contribution in [0.5, 0.6) is 0 Å². The van der Waals surface area contributed by atoms with E-state index in [1.54, 1.807) is 4.90 Å². The van der Waals surface area contributed by atoms with Crippen molar-refractivity contribution in [2.45, 2.75) is 25.3 Å². The number of hydrogen-bond acceptors (Lipinski definition) is 3. The molecule has 1 saturated heterocycles. The lowest BCUT2D eigenvalue weighted by atomic mass is 10.2. The molecular formula is C9H18F2N2O. The van der Waals surface area contributed by atoms with Crippen LogP contribution in [0.4, 0.5) is 8.78 Å². The molecule has 1 rings (SSSR count). The largest absolute Gasteiger partial charge is 0.380 e. The van der Waals surface area contributed by atoms with E-state index >= 15 is 0 Å². The van der Waals surface area contributed by atoms with Gasteiger partial charge in [0.15, 0.2) is 0 Å². The molecule has 0 bridgehead atoms. The Labute approximate surface area is 83.2 Å². The van der Waals surface area contributed by atoms with Gasteiger partial charge in [0.1, 0.15) is 0 Å². The zero-order chi connectivity index (χ0) is 10.6. The van der Waals surface area contributed by atoms with Crippen LogP contribution in [0, 0.1) is 0 Å². The maximum absolute atomic E-state index is 13.1. The molecule has 5 heteroatoms. The van der Waals surface area contributed by atoms with E-state index < -0.39 is 5.92 Å². The maximum atomic E-state index is 13.1. The molecule has 0 aromatic heterocycles. The van der Waals surface area contributed by atoms with E-state index in [-0.39, 0.29) is 19.0 Å². The van der Waals surface area contributed by atoms with Gasteiger partial charge in [-0.2, -0.15) is 0 Å². The average Bonchev–Trinajstić information content (AvgIpc) is 2.38. The molecule has 1 unspecified atom stereocenters. The zero-order valence-corrected chi connectivity index (χ0v) is 8.51. The van der Waals surface area contributed by atoms with Crippen molar-refractivity contribution in [2.75, 3.05) is 32.8 Å². The van der Waals surface area contributed by atoms with Gasteiger partial charge in [0.2, 0.25) is 0 Å². The van der Waals surface area contributed by atoms with Gasteiger partial charge >= 0.3 is 0 Å². The summed E-state index contributed by atoms with van der Waals surface area (Å²) in [4.78, 5) is 1.72. The van der Waals surface area contributed by atoms with E-state index in [9.17, 15) is 8.78 Å². The third-order valence-corrected chi connectivity index (χ3v) is 2.42. The van der Waals surface area contributed by atoms with Gasteiger partial charge in [-0.3, -0.25) is 4.90 Å². The summed E-state index contributed by atoms with van der Waals surface area (Å²) in [5.41, 5.74) is 5.36. The summed E-state index contributed by atoms with van der Waals surface area (Å²) in [6, 6.07) is -0.173. The second-order valence-electron chi connectivity index (χ2n) is 3.63. The van der Waals surface area contributed by atoms with E-state index in [1.165, 1.54) is 0 Å². The van der Waals surface area contributed by atoms with Gasteiger partial charge in [-0.15, -0.1) is 0 Å². The van der Waals surface area contributed by atoms with Gasteiger partial charge in [-0.1, -0.05) is 0 Å². The van der Waals surface area contributed by atoms with Crippen molar-refractivity contribution in [3.63, 3.8) is 0 Å². The standard InChI is InChI=1S/C9H18F2N2O/c1-2-14-6-8-5-9(10,11)7-13(8)4-3-12/h8H,2-7,12H2,1H3. The van der Waals surface area contributed by atoms with Gasteiger partial charge in [-0.25, -0.2) is 8.78 Å². The Morgan fingerprint density at radius 3 is 2.86 bits per heavy atom. The predicted molar refractivity (Wildman–Crippen MR) is 50.5 cm³/mol. The van der Waals surface area contributed by atoms with Crippen LogP contribution in [-0.2, 0) is 4.74 Å². The van der Waals surface area contributed by atoms with Crippen molar-refractivity contribution < 1.29 is 13.5 Å². The molecule has 1 aliphatic heterocycles. The van der Waals surface area contributed by atoms with Crippen LogP contribution < -0.4 is 5.73 Å². The number of hydrogen-bond donors (Lipinski definition) is 1. The molecule has 1 aliphatic rings. The number of rotatable bonds is 5. The number of alkyl halides is 2. The third kappa shape index (κ3) is 3.15. The second-order valence-corrected chi connectivity index (χ2v) is 3.63. The molecule has 0 radical (unpaired) electrons. The Hall–Kier alpha value is -0.260. The van der Waals surface area contributed by atoms with Crippen molar-refractivity contribution >= 4 is 0 Å². The molecule has 0 aromatic carbocycles. The molecule has 14 heavy (non-hydrogen) atoms. The molecule has 0 aromatic rings. The summed E-state index contributed by atoms with van der Waals surface area (Å²) in [6.45, 7) is 3.57. The number of ether oxygens (including phenoxy) is 1. The number of likely N-dealkylation sites (tertiary alicyclic amines) is 1. The first kappa shape index (κ1) is 11.8. The SMILES string of the molecule is CCOCC1CC(F)(F)CN1CCN. The lowest BCUT2D eigenvalue weighted by molar-refractivity contribution is 0.0117. The van der Waals surface area contributed by atoms with Gasteiger partial charge in [-0.05, 0) is 6.92 Å². The number of halogens is 2. The highest BCUT2D eigenvalue weighted by Crippen LogP contribution is 2.31. The minimum Gasteiger partial charge on any atom is -0.380 e. The molecule has 1 fully saturated rings. The Kier molecular flexibility index (Phi) is 4.22. The Balaban J connectivity index is 2.44. The fraction of sp³-hybridized carbons (Fsp3) is 1.00. The molecule has 0 spiro atoms. The van der Waals surface area contributed by atoms with Crippen molar-refractivity contribution in [1.82, 2.24) is 4.90 Å². The highest BCUT2D eigenvalue weighted by Gasteiger charge is 2.44. The Morgan fingerprint density at radius 2 is 2.29 bits per heavy atom. The van der Waals surface area contributed by atoms with Gasteiger partial charge in [0.05, 0.1) is 13.2 Å². The monoisotopic (exact) mass is 208 g/mol. The minimum atomic E-state index is -2.57. The summed E-state index contributed by atoms with van der Waals surface area (Å²) >= 11 is 0. The fourth-order valence-electron chi connectivity index (χ4n) is 1.81. The molecule has 0 aliphatic carbocycles. The second kappa shape index (κ2) is 5.00. The van der Waals surface area contributed by atoms with Crippen LogP contribution in [0.1, 0.15) is 13.3 Å². The minimum absolute atomic E-state index is 0.104. The maximum Gasteiger partial charge on any atom is 0.262 e. The zero-order valence-electron chi connectivity index (χ0n) is 8.51. The molecule has 0 saturated carbocycles. The first-order valence-electron chi connectivity index (χ1n) is 4.98. The van der Waals surface area contributed by atoms with E-state index in [4.69, 9.17) is 10.5 Å². The van der Waals surface area contributed by atoms with Crippen molar-refractivity contribution in [3.05, 3.63) is 0 Å². The van der Waals surface area contributed by atoms with Crippen LogP contribution >= 0.6 is 0 Å². The summed E-state index contributed by atoms with van der Waals surface area (Å²) in [5.74, 6) is -2.57. The smallest absolute Gasteiger partial charge is 0.262 e.